The zero-order valence-electron chi connectivity index (χ0n) is 16.7. The number of aromatic carboxylic acids is 1. The van der Waals surface area contributed by atoms with Crippen LogP contribution in [0.25, 0.3) is 27.9 Å². The lowest BCUT2D eigenvalue weighted by molar-refractivity contribution is 0.0525. The van der Waals surface area contributed by atoms with Gasteiger partial charge in [0.15, 0.2) is 0 Å². The first-order valence-electron chi connectivity index (χ1n) is 10.0. The van der Waals surface area contributed by atoms with Crippen LogP contribution in [0.15, 0.2) is 36.5 Å². The van der Waals surface area contributed by atoms with Gasteiger partial charge in [0, 0.05) is 18.1 Å². The Balaban J connectivity index is 1.74. The molecule has 0 saturated heterocycles. The second-order valence-corrected chi connectivity index (χ2v) is 8.01. The summed E-state index contributed by atoms with van der Waals surface area (Å²) in [5.41, 5.74) is 2.45. The molecule has 8 nitrogen and oxygen atoms in total. The van der Waals surface area contributed by atoms with E-state index in [9.17, 15) is 14.7 Å². The summed E-state index contributed by atoms with van der Waals surface area (Å²) >= 11 is 6.13. The van der Waals surface area contributed by atoms with Crippen LogP contribution in [0, 0.1) is 5.92 Å². The van der Waals surface area contributed by atoms with E-state index in [0.29, 0.717) is 45.7 Å². The Labute approximate surface area is 182 Å². The fourth-order valence-electron chi connectivity index (χ4n) is 3.82. The number of carbonyl (C=O) groups is 2. The van der Waals surface area contributed by atoms with E-state index < -0.39 is 11.9 Å². The molecule has 0 amide bonds. The fraction of sp³-hybridized carbons (Fsp3) is 0.273. The molecule has 1 fully saturated rings. The number of nitrogens with zero attached hydrogens (tertiary/aromatic N) is 4. The molecule has 4 aromatic heterocycles. The Morgan fingerprint density at radius 1 is 1.26 bits per heavy atom. The van der Waals surface area contributed by atoms with Gasteiger partial charge in [-0.25, -0.2) is 19.1 Å². The number of esters is 1. The number of carbonyl (C=O) groups excluding carboxylic acids is 1. The highest BCUT2D eigenvalue weighted by Crippen LogP contribution is 2.37. The van der Waals surface area contributed by atoms with Crippen molar-refractivity contribution in [3.8, 4) is 11.4 Å². The van der Waals surface area contributed by atoms with E-state index in [0.717, 1.165) is 18.2 Å². The van der Waals surface area contributed by atoms with Crippen LogP contribution in [0.4, 0.5) is 0 Å². The number of hydrogen-bond donors (Lipinski definition) is 1. The Morgan fingerprint density at radius 3 is 2.77 bits per heavy atom. The number of pyridine rings is 2. The zero-order chi connectivity index (χ0) is 21.7. The summed E-state index contributed by atoms with van der Waals surface area (Å²) < 4.78 is 8.47. The van der Waals surface area contributed by atoms with Crippen molar-refractivity contribution in [3.05, 3.63) is 52.8 Å². The van der Waals surface area contributed by atoms with Gasteiger partial charge < -0.3 is 14.4 Å². The Bertz CT molecular complexity index is 1350. The maximum atomic E-state index is 12.2. The van der Waals surface area contributed by atoms with Crippen LogP contribution < -0.4 is 0 Å². The molecule has 1 aliphatic rings. The highest BCUT2D eigenvalue weighted by atomic mass is 35.5. The fourth-order valence-corrected chi connectivity index (χ4v) is 3.96. The third kappa shape index (κ3) is 3.42. The topological polar surface area (TPSA) is 98.7 Å². The van der Waals surface area contributed by atoms with Crippen LogP contribution in [0.2, 0.25) is 5.15 Å². The highest BCUT2D eigenvalue weighted by molar-refractivity contribution is 6.29. The molecule has 9 heteroatoms. The lowest BCUT2D eigenvalue weighted by Gasteiger charge is -2.08. The van der Waals surface area contributed by atoms with Gasteiger partial charge in [0.25, 0.3) is 0 Å². The zero-order valence-corrected chi connectivity index (χ0v) is 17.5. The third-order valence-corrected chi connectivity index (χ3v) is 5.66. The van der Waals surface area contributed by atoms with Gasteiger partial charge in [0.2, 0.25) is 0 Å². The average molecular weight is 439 g/mol. The molecule has 0 unspecified atom stereocenters. The summed E-state index contributed by atoms with van der Waals surface area (Å²) in [5, 5.41) is 15.8. The van der Waals surface area contributed by atoms with Gasteiger partial charge >= 0.3 is 11.9 Å². The minimum atomic E-state index is -1.09. The minimum Gasteiger partial charge on any atom is -0.478 e. The summed E-state index contributed by atoms with van der Waals surface area (Å²) in [6.45, 7) is 2.69. The minimum absolute atomic E-state index is 0.0707. The van der Waals surface area contributed by atoms with Gasteiger partial charge in [-0.1, -0.05) is 11.6 Å². The molecule has 1 aliphatic carbocycles. The number of hydrogen-bond acceptors (Lipinski definition) is 5. The van der Waals surface area contributed by atoms with Crippen LogP contribution >= 0.6 is 11.6 Å². The van der Waals surface area contributed by atoms with Crippen molar-refractivity contribution in [1.82, 2.24) is 19.2 Å². The van der Waals surface area contributed by atoms with Crippen molar-refractivity contribution in [3.63, 3.8) is 0 Å². The molecule has 1 saturated carbocycles. The quantitative estimate of drug-likeness (QED) is 0.356. The number of carboxylic acids is 1. The smallest absolute Gasteiger partial charge is 0.340 e. The van der Waals surface area contributed by atoms with Crippen LogP contribution in [0.5, 0.6) is 0 Å². The largest absolute Gasteiger partial charge is 0.478 e. The molecule has 4 heterocycles. The SMILES string of the molecule is CCOC(=O)c1ccc2c(C(=O)O)c(-c3cc4ccc(Cl)nc4n3CC3CC3)nn2c1. The molecule has 0 bridgehead atoms. The van der Waals surface area contributed by atoms with E-state index in [1.165, 1.54) is 10.7 Å². The summed E-state index contributed by atoms with van der Waals surface area (Å²) in [5.74, 6) is -1.06. The molecule has 31 heavy (non-hydrogen) atoms. The molecule has 1 N–H and O–H groups in total. The molecule has 158 valence electrons. The molecule has 0 spiro atoms. The second-order valence-electron chi connectivity index (χ2n) is 7.63. The predicted molar refractivity (Wildman–Crippen MR) is 115 cm³/mol. The maximum absolute atomic E-state index is 12.2. The number of carboxylic acid groups (broad SMARTS) is 1. The summed E-state index contributed by atoms with van der Waals surface area (Å²) in [4.78, 5) is 28.8. The van der Waals surface area contributed by atoms with Crippen molar-refractivity contribution < 1.29 is 19.4 Å². The van der Waals surface area contributed by atoms with Crippen molar-refractivity contribution in [2.45, 2.75) is 26.3 Å². The molecule has 5 rings (SSSR count). The van der Waals surface area contributed by atoms with E-state index in [2.05, 4.69) is 10.1 Å². The predicted octanol–water partition coefficient (Wildman–Crippen LogP) is 4.29. The van der Waals surface area contributed by atoms with Gasteiger partial charge in [0.05, 0.1) is 23.4 Å². The summed E-state index contributed by atoms with van der Waals surface area (Å²) in [7, 11) is 0. The van der Waals surface area contributed by atoms with E-state index in [4.69, 9.17) is 16.3 Å². The van der Waals surface area contributed by atoms with Crippen molar-refractivity contribution in [2.75, 3.05) is 6.61 Å². The monoisotopic (exact) mass is 438 g/mol. The van der Waals surface area contributed by atoms with Gasteiger partial charge in [-0.3, -0.25) is 0 Å². The lowest BCUT2D eigenvalue weighted by atomic mass is 10.1. The molecule has 0 aliphatic heterocycles. The van der Waals surface area contributed by atoms with Gasteiger partial charge in [-0.2, -0.15) is 5.10 Å². The van der Waals surface area contributed by atoms with Crippen molar-refractivity contribution >= 4 is 40.1 Å². The lowest BCUT2D eigenvalue weighted by Crippen LogP contribution is -2.06. The van der Waals surface area contributed by atoms with E-state index in [1.807, 2.05) is 16.7 Å². The molecular formula is C22H19ClN4O4. The Morgan fingerprint density at radius 2 is 2.06 bits per heavy atom. The van der Waals surface area contributed by atoms with Gasteiger partial charge in [-0.05, 0) is 56.0 Å². The van der Waals surface area contributed by atoms with Crippen LogP contribution in [-0.4, -0.2) is 42.8 Å². The highest BCUT2D eigenvalue weighted by Gasteiger charge is 2.28. The van der Waals surface area contributed by atoms with Gasteiger partial charge in [-0.15, -0.1) is 0 Å². The number of halogens is 1. The number of ether oxygens (including phenoxy) is 1. The normalized spacial score (nSPS) is 13.7. The number of rotatable bonds is 6. The van der Waals surface area contributed by atoms with Crippen LogP contribution in [0.1, 0.15) is 40.5 Å². The average Bonchev–Trinajstić information content (AvgIpc) is 3.37. The number of aromatic nitrogens is 4. The third-order valence-electron chi connectivity index (χ3n) is 5.44. The van der Waals surface area contributed by atoms with E-state index >= 15 is 0 Å². The molecule has 0 radical (unpaired) electrons. The van der Waals surface area contributed by atoms with E-state index in [1.54, 1.807) is 25.1 Å². The first kappa shape index (κ1) is 19.6. The Kier molecular flexibility index (Phi) is 4.66. The van der Waals surface area contributed by atoms with Crippen LogP contribution in [0.3, 0.4) is 0 Å². The van der Waals surface area contributed by atoms with Crippen LogP contribution in [-0.2, 0) is 11.3 Å². The molecule has 4 aromatic rings. The Hall–Kier alpha value is -3.39. The second kappa shape index (κ2) is 7.39. The standard InChI is InChI=1S/C22H19ClN4O4/c1-2-31-22(30)14-5-7-15-18(21(28)29)19(25-27(15)11-14)16-9-13-6-8-17(23)24-20(13)26(16)10-12-3-4-12/h5-9,11-12H,2-4,10H2,1H3,(H,28,29). The van der Waals surface area contributed by atoms with Gasteiger partial charge in [0.1, 0.15) is 22.1 Å². The van der Waals surface area contributed by atoms with E-state index in [-0.39, 0.29) is 12.2 Å². The number of fused-ring (bicyclic) bond motifs is 2. The maximum Gasteiger partial charge on any atom is 0.340 e. The summed E-state index contributed by atoms with van der Waals surface area (Å²) in [6.07, 6.45) is 3.74. The van der Waals surface area contributed by atoms with Crippen molar-refractivity contribution in [1.29, 1.82) is 0 Å². The molecular weight excluding hydrogens is 420 g/mol. The molecule has 0 atom stereocenters. The molecule has 0 aromatic carbocycles. The first-order valence-corrected chi connectivity index (χ1v) is 10.4. The first-order chi connectivity index (χ1) is 15.0. The summed E-state index contributed by atoms with van der Waals surface area (Å²) in [6, 6.07) is 8.60. The van der Waals surface area contributed by atoms with Crippen molar-refractivity contribution in [2.24, 2.45) is 5.92 Å².